The van der Waals surface area contributed by atoms with Crippen LogP contribution in [-0.4, -0.2) is 67.5 Å². The number of ether oxygens (including phenoxy) is 5. The minimum Gasteiger partial charge on any atom is -0.463 e. The van der Waals surface area contributed by atoms with E-state index < -0.39 is 54.4 Å². The summed E-state index contributed by atoms with van der Waals surface area (Å²) in [6.45, 7) is 4.93. The first-order chi connectivity index (χ1) is 12.6. The van der Waals surface area contributed by atoms with Crippen LogP contribution >= 0.6 is 0 Å². The summed E-state index contributed by atoms with van der Waals surface area (Å²) in [7, 11) is 0. The van der Waals surface area contributed by atoms with Crippen LogP contribution in [0.2, 0.25) is 0 Å². The third kappa shape index (κ3) is 7.51. The van der Waals surface area contributed by atoms with Crippen LogP contribution in [0, 0.1) is 0 Å². The Morgan fingerprint density at radius 1 is 0.778 bits per heavy atom. The van der Waals surface area contributed by atoms with E-state index in [4.69, 9.17) is 29.4 Å². The molecule has 0 saturated carbocycles. The molecule has 27 heavy (non-hydrogen) atoms. The zero-order valence-corrected chi connectivity index (χ0v) is 16.0. The Kier molecular flexibility index (Phi) is 9.16. The fraction of sp³-hybridized carbons (Fsp3) is 0.765. The number of esters is 4. The Balaban J connectivity index is 3.22. The standard InChI is InChI=1S/C17H27NO9/c1-9(19)23-8-14-16(25-11(3)21)17(26-12(4)22)15(24-10(2)20)13(27-14)6-5-7-18/h13-17H,5-8,18H2,1-4H3/t13-,14-,15+,16-,17-/m1/s1. The summed E-state index contributed by atoms with van der Waals surface area (Å²) >= 11 is 0. The van der Waals surface area contributed by atoms with Crippen LogP contribution in [0.4, 0.5) is 0 Å². The summed E-state index contributed by atoms with van der Waals surface area (Å²) < 4.78 is 26.8. The highest BCUT2D eigenvalue weighted by Gasteiger charge is 2.51. The van der Waals surface area contributed by atoms with Crippen molar-refractivity contribution in [2.45, 2.75) is 71.1 Å². The van der Waals surface area contributed by atoms with Crippen molar-refractivity contribution in [1.29, 1.82) is 0 Å². The van der Waals surface area contributed by atoms with E-state index >= 15 is 0 Å². The molecule has 0 aromatic rings. The molecule has 1 saturated heterocycles. The maximum atomic E-state index is 11.6. The van der Waals surface area contributed by atoms with Gasteiger partial charge < -0.3 is 29.4 Å². The third-order valence-electron chi connectivity index (χ3n) is 3.78. The topological polar surface area (TPSA) is 140 Å². The van der Waals surface area contributed by atoms with Crippen molar-refractivity contribution in [2.24, 2.45) is 5.73 Å². The molecule has 10 nitrogen and oxygen atoms in total. The fourth-order valence-corrected chi connectivity index (χ4v) is 2.87. The van der Waals surface area contributed by atoms with Gasteiger partial charge in [0.05, 0.1) is 6.10 Å². The van der Waals surface area contributed by atoms with Gasteiger partial charge in [0.1, 0.15) is 12.7 Å². The molecule has 1 rings (SSSR count). The first-order valence-corrected chi connectivity index (χ1v) is 8.66. The van der Waals surface area contributed by atoms with Crippen LogP contribution in [-0.2, 0) is 42.9 Å². The largest absolute Gasteiger partial charge is 0.463 e. The van der Waals surface area contributed by atoms with Crippen LogP contribution < -0.4 is 5.73 Å². The fourth-order valence-electron chi connectivity index (χ4n) is 2.87. The summed E-state index contributed by atoms with van der Waals surface area (Å²) in [5.41, 5.74) is 5.55. The molecule has 154 valence electrons. The molecule has 1 heterocycles. The average Bonchev–Trinajstić information content (AvgIpc) is 2.54. The zero-order chi connectivity index (χ0) is 20.6. The molecule has 0 aliphatic carbocycles. The monoisotopic (exact) mass is 389 g/mol. The molecule has 1 aliphatic rings. The van der Waals surface area contributed by atoms with Crippen molar-refractivity contribution < 1.29 is 42.9 Å². The molecular weight excluding hydrogens is 362 g/mol. The highest BCUT2D eigenvalue weighted by atomic mass is 16.7. The molecule has 2 N–H and O–H groups in total. The molecule has 0 aromatic carbocycles. The maximum absolute atomic E-state index is 11.6. The van der Waals surface area contributed by atoms with Gasteiger partial charge in [0, 0.05) is 27.7 Å². The lowest BCUT2D eigenvalue weighted by Crippen LogP contribution is -2.62. The quantitative estimate of drug-likeness (QED) is 0.440. The van der Waals surface area contributed by atoms with E-state index in [1.807, 2.05) is 0 Å². The lowest BCUT2D eigenvalue weighted by atomic mass is 9.92. The van der Waals surface area contributed by atoms with Gasteiger partial charge >= 0.3 is 23.9 Å². The van der Waals surface area contributed by atoms with Gasteiger partial charge in [0.15, 0.2) is 18.3 Å². The molecule has 0 radical (unpaired) electrons. The van der Waals surface area contributed by atoms with Crippen LogP contribution in [0.3, 0.4) is 0 Å². The van der Waals surface area contributed by atoms with Gasteiger partial charge in [-0.25, -0.2) is 0 Å². The number of hydrogen-bond acceptors (Lipinski definition) is 10. The van der Waals surface area contributed by atoms with Crippen molar-refractivity contribution in [3.63, 3.8) is 0 Å². The van der Waals surface area contributed by atoms with E-state index in [1.165, 1.54) is 27.7 Å². The second-order valence-corrected chi connectivity index (χ2v) is 6.17. The Bertz CT molecular complexity index is 551. The SMILES string of the molecule is CC(=O)OC[C@H]1O[C@H](CCCN)[C@H](OC(C)=O)[C@@H](OC(C)=O)[C@@H]1OC(C)=O. The number of rotatable bonds is 8. The van der Waals surface area contributed by atoms with Gasteiger partial charge in [0.25, 0.3) is 0 Å². The van der Waals surface area contributed by atoms with Crippen molar-refractivity contribution in [3.05, 3.63) is 0 Å². The van der Waals surface area contributed by atoms with Gasteiger partial charge in [0.2, 0.25) is 0 Å². The molecule has 0 amide bonds. The highest BCUT2D eigenvalue weighted by Crippen LogP contribution is 2.31. The second-order valence-electron chi connectivity index (χ2n) is 6.17. The normalized spacial score (nSPS) is 27.4. The molecular formula is C17H27NO9. The number of nitrogens with two attached hydrogens (primary N) is 1. The molecule has 5 atom stereocenters. The molecule has 1 fully saturated rings. The first-order valence-electron chi connectivity index (χ1n) is 8.66. The second kappa shape index (κ2) is 10.8. The minimum atomic E-state index is -1.12. The predicted molar refractivity (Wildman–Crippen MR) is 90.2 cm³/mol. The third-order valence-corrected chi connectivity index (χ3v) is 3.78. The van der Waals surface area contributed by atoms with Crippen molar-refractivity contribution in [1.82, 2.24) is 0 Å². The summed E-state index contributed by atoms with van der Waals surface area (Å²) in [5, 5.41) is 0. The lowest BCUT2D eigenvalue weighted by molar-refractivity contribution is -0.253. The zero-order valence-electron chi connectivity index (χ0n) is 16.0. The molecule has 0 unspecified atom stereocenters. The van der Waals surface area contributed by atoms with Crippen molar-refractivity contribution in [2.75, 3.05) is 13.2 Å². The summed E-state index contributed by atoms with van der Waals surface area (Å²) in [4.78, 5) is 45.9. The molecule has 10 heteroatoms. The Labute approximate surface area is 157 Å². The van der Waals surface area contributed by atoms with E-state index in [0.717, 1.165) is 0 Å². The smallest absolute Gasteiger partial charge is 0.303 e. The summed E-state index contributed by atoms with van der Waals surface area (Å²) in [5.74, 6) is -2.47. The van der Waals surface area contributed by atoms with Crippen molar-refractivity contribution >= 4 is 23.9 Å². The highest BCUT2D eigenvalue weighted by molar-refractivity contribution is 5.68. The Morgan fingerprint density at radius 3 is 1.70 bits per heavy atom. The van der Waals surface area contributed by atoms with Crippen LogP contribution in [0.25, 0.3) is 0 Å². The van der Waals surface area contributed by atoms with E-state index in [1.54, 1.807) is 0 Å². The van der Waals surface area contributed by atoms with Gasteiger partial charge in [-0.05, 0) is 19.4 Å². The van der Waals surface area contributed by atoms with Crippen LogP contribution in [0.15, 0.2) is 0 Å². The predicted octanol–water partition coefficient (Wildman–Crippen LogP) is -0.149. The molecule has 0 spiro atoms. The van der Waals surface area contributed by atoms with E-state index in [9.17, 15) is 19.2 Å². The Morgan fingerprint density at radius 2 is 1.26 bits per heavy atom. The Hall–Kier alpha value is -2.20. The van der Waals surface area contributed by atoms with Gasteiger partial charge in [-0.15, -0.1) is 0 Å². The number of hydrogen-bond donors (Lipinski definition) is 1. The van der Waals surface area contributed by atoms with E-state index in [-0.39, 0.29) is 6.61 Å². The van der Waals surface area contributed by atoms with Gasteiger partial charge in [-0.3, -0.25) is 19.2 Å². The van der Waals surface area contributed by atoms with E-state index in [2.05, 4.69) is 0 Å². The average molecular weight is 389 g/mol. The van der Waals surface area contributed by atoms with Gasteiger partial charge in [-0.2, -0.15) is 0 Å². The van der Waals surface area contributed by atoms with Crippen molar-refractivity contribution in [3.8, 4) is 0 Å². The summed E-state index contributed by atoms with van der Waals surface area (Å²) in [6.07, 6.45) is -3.89. The summed E-state index contributed by atoms with van der Waals surface area (Å²) in [6, 6.07) is 0. The van der Waals surface area contributed by atoms with Crippen LogP contribution in [0.5, 0.6) is 0 Å². The van der Waals surface area contributed by atoms with E-state index in [0.29, 0.717) is 19.4 Å². The molecule has 0 aromatic heterocycles. The maximum Gasteiger partial charge on any atom is 0.303 e. The van der Waals surface area contributed by atoms with Crippen LogP contribution in [0.1, 0.15) is 40.5 Å². The minimum absolute atomic E-state index is 0.225. The molecule has 0 bridgehead atoms. The molecule has 1 aliphatic heterocycles. The number of carbonyl (C=O) groups is 4. The lowest BCUT2D eigenvalue weighted by Gasteiger charge is -2.44. The van der Waals surface area contributed by atoms with Gasteiger partial charge in [-0.1, -0.05) is 0 Å². The first kappa shape index (κ1) is 22.8. The number of carbonyl (C=O) groups excluding carboxylic acids is 4.